The van der Waals surface area contributed by atoms with Gasteiger partial charge in [0.2, 0.25) is 5.91 Å². The summed E-state index contributed by atoms with van der Waals surface area (Å²) in [5.74, 6) is -1.11. The molecule has 1 amide bonds. The molecule has 4 nitrogen and oxygen atoms in total. The Morgan fingerprint density at radius 1 is 1.12 bits per heavy atom. The van der Waals surface area contributed by atoms with E-state index >= 15 is 0 Å². The number of hydrogen-bond donors (Lipinski definition) is 1. The van der Waals surface area contributed by atoms with Gasteiger partial charge in [-0.3, -0.25) is 4.79 Å². The van der Waals surface area contributed by atoms with Crippen LogP contribution in [-0.4, -0.2) is 11.9 Å². The summed E-state index contributed by atoms with van der Waals surface area (Å²) in [6.45, 7) is 5.50. The molecule has 0 bridgehead atoms. The number of esters is 1. The molecule has 0 aliphatic rings. The molecule has 126 valence electrons. The summed E-state index contributed by atoms with van der Waals surface area (Å²) in [5.41, 5.74) is 2.50. The summed E-state index contributed by atoms with van der Waals surface area (Å²) in [4.78, 5) is 24.0. The number of aryl methyl sites for hydroxylation is 1. The fourth-order valence-corrected chi connectivity index (χ4v) is 1.97. The molecule has 5 heteroatoms. The van der Waals surface area contributed by atoms with Crippen molar-refractivity contribution in [3.63, 3.8) is 0 Å². The minimum Gasteiger partial charge on any atom is -0.457 e. The van der Waals surface area contributed by atoms with E-state index < -0.39 is 5.97 Å². The lowest BCUT2D eigenvalue weighted by Crippen LogP contribution is -2.18. The molecular formula is C19H20FNO3. The first kappa shape index (κ1) is 17.7. The molecule has 2 rings (SSSR count). The van der Waals surface area contributed by atoms with Crippen molar-refractivity contribution in [1.82, 2.24) is 0 Å². The summed E-state index contributed by atoms with van der Waals surface area (Å²) >= 11 is 0. The Balaban J connectivity index is 2.06. The largest absolute Gasteiger partial charge is 0.457 e. The molecule has 0 aromatic heterocycles. The van der Waals surface area contributed by atoms with Crippen LogP contribution in [0.5, 0.6) is 0 Å². The van der Waals surface area contributed by atoms with Gasteiger partial charge in [-0.2, -0.15) is 0 Å². The van der Waals surface area contributed by atoms with Gasteiger partial charge in [0.25, 0.3) is 0 Å². The number of carbonyl (C=O) groups excluding carboxylic acids is 2. The second-order valence-electron chi connectivity index (χ2n) is 5.88. The second kappa shape index (κ2) is 7.73. The maximum Gasteiger partial charge on any atom is 0.338 e. The highest BCUT2D eigenvalue weighted by molar-refractivity contribution is 5.96. The number of amides is 1. The quantitative estimate of drug-likeness (QED) is 0.841. The SMILES string of the molecule is Cc1ccc(C(=O)OCc2ccc(F)cc2)cc1NC(=O)C(C)C. The average Bonchev–Trinajstić information content (AvgIpc) is 2.55. The predicted octanol–water partition coefficient (Wildman–Crippen LogP) is 4.09. The molecule has 0 unspecified atom stereocenters. The first-order chi connectivity index (χ1) is 11.4. The van der Waals surface area contributed by atoms with Crippen LogP contribution in [0.2, 0.25) is 0 Å². The van der Waals surface area contributed by atoms with Crippen LogP contribution in [0.4, 0.5) is 10.1 Å². The number of hydrogen-bond acceptors (Lipinski definition) is 3. The highest BCUT2D eigenvalue weighted by atomic mass is 19.1. The lowest BCUT2D eigenvalue weighted by atomic mass is 10.1. The molecule has 0 fully saturated rings. The molecular weight excluding hydrogens is 309 g/mol. The van der Waals surface area contributed by atoms with E-state index in [2.05, 4.69) is 5.32 Å². The first-order valence-electron chi connectivity index (χ1n) is 7.70. The minimum absolute atomic E-state index is 0.0562. The number of rotatable bonds is 5. The van der Waals surface area contributed by atoms with Crippen molar-refractivity contribution in [3.05, 3.63) is 65.0 Å². The Kier molecular flexibility index (Phi) is 5.68. The zero-order valence-electron chi connectivity index (χ0n) is 13.9. The van der Waals surface area contributed by atoms with Crippen LogP contribution in [0.25, 0.3) is 0 Å². The van der Waals surface area contributed by atoms with Crippen molar-refractivity contribution in [2.24, 2.45) is 5.92 Å². The van der Waals surface area contributed by atoms with E-state index in [-0.39, 0.29) is 24.2 Å². The molecule has 0 radical (unpaired) electrons. The molecule has 0 saturated carbocycles. The van der Waals surface area contributed by atoms with Crippen molar-refractivity contribution >= 4 is 17.6 Å². The van der Waals surface area contributed by atoms with Crippen molar-refractivity contribution in [2.45, 2.75) is 27.4 Å². The fourth-order valence-electron chi connectivity index (χ4n) is 1.97. The molecule has 0 aliphatic heterocycles. The van der Waals surface area contributed by atoms with Crippen LogP contribution in [0, 0.1) is 18.7 Å². The summed E-state index contributed by atoms with van der Waals surface area (Å²) in [5, 5.41) is 2.80. The smallest absolute Gasteiger partial charge is 0.338 e. The molecule has 0 aliphatic carbocycles. The Bertz CT molecular complexity index is 739. The number of ether oxygens (including phenoxy) is 1. The van der Waals surface area contributed by atoms with Gasteiger partial charge < -0.3 is 10.1 Å². The third kappa shape index (κ3) is 4.65. The lowest BCUT2D eigenvalue weighted by molar-refractivity contribution is -0.118. The molecule has 2 aromatic rings. The van der Waals surface area contributed by atoms with Crippen LogP contribution in [0.3, 0.4) is 0 Å². The number of carbonyl (C=O) groups is 2. The van der Waals surface area contributed by atoms with Gasteiger partial charge in [-0.1, -0.05) is 32.0 Å². The lowest BCUT2D eigenvalue weighted by Gasteiger charge is -2.12. The number of nitrogens with one attached hydrogen (secondary N) is 1. The molecule has 0 saturated heterocycles. The summed E-state index contributed by atoms with van der Waals surface area (Å²) < 4.78 is 18.1. The molecule has 2 aromatic carbocycles. The van der Waals surface area contributed by atoms with Gasteiger partial charge in [0, 0.05) is 11.6 Å². The van der Waals surface area contributed by atoms with E-state index in [1.165, 1.54) is 12.1 Å². The monoisotopic (exact) mass is 329 g/mol. The van der Waals surface area contributed by atoms with E-state index in [9.17, 15) is 14.0 Å². The van der Waals surface area contributed by atoms with Crippen LogP contribution in [0.15, 0.2) is 42.5 Å². The van der Waals surface area contributed by atoms with Crippen molar-refractivity contribution in [3.8, 4) is 0 Å². The third-order valence-electron chi connectivity index (χ3n) is 3.54. The first-order valence-corrected chi connectivity index (χ1v) is 7.70. The van der Waals surface area contributed by atoms with E-state index in [1.54, 1.807) is 44.2 Å². The number of benzene rings is 2. The zero-order chi connectivity index (χ0) is 17.7. The Labute approximate surface area is 140 Å². The zero-order valence-corrected chi connectivity index (χ0v) is 13.9. The second-order valence-corrected chi connectivity index (χ2v) is 5.88. The van der Waals surface area contributed by atoms with Crippen molar-refractivity contribution in [1.29, 1.82) is 0 Å². The molecule has 0 spiro atoms. The maximum atomic E-state index is 12.9. The fraction of sp³-hybridized carbons (Fsp3) is 0.263. The van der Waals surface area contributed by atoms with Gasteiger partial charge in [-0.25, -0.2) is 9.18 Å². The van der Waals surface area contributed by atoms with Crippen molar-refractivity contribution < 1.29 is 18.7 Å². The minimum atomic E-state index is -0.501. The van der Waals surface area contributed by atoms with Crippen LogP contribution < -0.4 is 5.32 Å². The third-order valence-corrected chi connectivity index (χ3v) is 3.54. The van der Waals surface area contributed by atoms with E-state index in [0.29, 0.717) is 16.8 Å². The predicted molar refractivity (Wildman–Crippen MR) is 90.2 cm³/mol. The Morgan fingerprint density at radius 2 is 1.79 bits per heavy atom. The standard InChI is InChI=1S/C19H20FNO3/c1-12(2)18(22)21-17-10-15(7-4-13(17)3)19(23)24-11-14-5-8-16(20)9-6-14/h4-10,12H,11H2,1-3H3,(H,21,22). The maximum absolute atomic E-state index is 12.9. The van der Waals surface area contributed by atoms with Gasteiger partial charge in [0.05, 0.1) is 5.56 Å². The van der Waals surface area contributed by atoms with Gasteiger partial charge in [0.15, 0.2) is 0 Å². The molecule has 24 heavy (non-hydrogen) atoms. The number of anilines is 1. The highest BCUT2D eigenvalue weighted by Gasteiger charge is 2.13. The average molecular weight is 329 g/mol. The van der Waals surface area contributed by atoms with E-state index in [4.69, 9.17) is 4.74 Å². The molecule has 0 heterocycles. The van der Waals surface area contributed by atoms with Gasteiger partial charge in [0.1, 0.15) is 12.4 Å². The summed E-state index contributed by atoms with van der Waals surface area (Å²) in [7, 11) is 0. The van der Waals surface area contributed by atoms with Crippen LogP contribution in [-0.2, 0) is 16.1 Å². The van der Waals surface area contributed by atoms with Crippen LogP contribution in [0.1, 0.15) is 35.3 Å². The van der Waals surface area contributed by atoms with E-state index in [0.717, 1.165) is 5.56 Å². The summed E-state index contributed by atoms with van der Waals surface area (Å²) in [6.07, 6.45) is 0. The van der Waals surface area contributed by atoms with Crippen molar-refractivity contribution in [2.75, 3.05) is 5.32 Å². The van der Waals surface area contributed by atoms with E-state index in [1.807, 2.05) is 6.92 Å². The topological polar surface area (TPSA) is 55.4 Å². The van der Waals surface area contributed by atoms with Gasteiger partial charge in [-0.05, 0) is 42.3 Å². The molecule has 0 atom stereocenters. The Hall–Kier alpha value is -2.69. The Morgan fingerprint density at radius 3 is 2.42 bits per heavy atom. The van der Waals surface area contributed by atoms with Crippen LogP contribution >= 0.6 is 0 Å². The van der Waals surface area contributed by atoms with Gasteiger partial charge >= 0.3 is 5.97 Å². The summed E-state index contributed by atoms with van der Waals surface area (Å²) in [6, 6.07) is 10.8. The van der Waals surface area contributed by atoms with Gasteiger partial charge in [-0.15, -0.1) is 0 Å². The molecule has 1 N–H and O–H groups in total. The number of halogens is 1. The highest BCUT2D eigenvalue weighted by Crippen LogP contribution is 2.19. The normalized spacial score (nSPS) is 10.5.